The first-order valence-electron chi connectivity index (χ1n) is 12.5. The van der Waals surface area contributed by atoms with Crippen molar-refractivity contribution in [2.45, 2.75) is 32.4 Å². The van der Waals surface area contributed by atoms with Crippen molar-refractivity contribution in [1.82, 2.24) is 39.5 Å². The molecule has 1 unspecified atom stereocenters. The lowest BCUT2D eigenvalue weighted by molar-refractivity contribution is -0.0298. The average molecular weight is 513 g/mol. The molecule has 6 rings (SSSR count). The Morgan fingerprint density at radius 2 is 1.92 bits per heavy atom. The number of aryl methyl sites for hydroxylation is 2. The lowest BCUT2D eigenvalue weighted by atomic mass is 10.1. The van der Waals surface area contributed by atoms with Gasteiger partial charge in [-0.15, -0.1) is 5.10 Å². The summed E-state index contributed by atoms with van der Waals surface area (Å²) in [6.45, 7) is 2.62. The van der Waals surface area contributed by atoms with Crippen molar-refractivity contribution in [1.29, 1.82) is 0 Å². The summed E-state index contributed by atoms with van der Waals surface area (Å²) in [5.74, 6) is 2.39. The maximum absolute atomic E-state index is 6.05. The van der Waals surface area contributed by atoms with Crippen LogP contribution in [0.5, 0.6) is 5.75 Å². The molecule has 12 heteroatoms. The normalized spacial score (nSPS) is 15.5. The number of hydrogen-bond donors (Lipinski definition) is 2. The summed E-state index contributed by atoms with van der Waals surface area (Å²) in [4.78, 5) is 14.0. The van der Waals surface area contributed by atoms with Crippen LogP contribution in [-0.4, -0.2) is 53.2 Å². The second-order valence-electron chi connectivity index (χ2n) is 9.14. The number of imidazole rings is 1. The Hall–Kier alpha value is -4.58. The van der Waals surface area contributed by atoms with E-state index in [9.17, 15) is 0 Å². The standard InChI is InChI=1S/C26H28N10O2/c1-16-10-11-20(33-32-16)30-21-13-19(23-26(31-21)36(15-27-23)22-9-4-5-12-38-22)29-18-8-6-7-17(24(18)37-3)25-28-14-35(2)34-25/h6-8,10-11,13-15,22H,4-5,9,12H2,1-3H3,(H2,29,30,31,33). The Bertz CT molecular complexity index is 1570. The number of aromatic nitrogens is 8. The zero-order valence-electron chi connectivity index (χ0n) is 21.4. The number of ether oxygens (including phenoxy) is 2. The highest BCUT2D eigenvalue weighted by atomic mass is 16.5. The molecule has 12 nitrogen and oxygen atoms in total. The fraction of sp³-hybridized carbons (Fsp3) is 0.308. The van der Waals surface area contributed by atoms with E-state index in [0.717, 1.165) is 48.5 Å². The van der Waals surface area contributed by atoms with Gasteiger partial charge in [-0.1, -0.05) is 6.07 Å². The molecule has 0 saturated carbocycles. The van der Waals surface area contributed by atoms with Crippen LogP contribution in [0.2, 0.25) is 0 Å². The topological polar surface area (TPSA) is 130 Å². The zero-order valence-corrected chi connectivity index (χ0v) is 21.4. The number of nitrogens with one attached hydrogen (secondary N) is 2. The molecule has 0 spiro atoms. The summed E-state index contributed by atoms with van der Waals surface area (Å²) in [6.07, 6.45) is 6.40. The number of benzene rings is 1. The van der Waals surface area contributed by atoms with Gasteiger partial charge in [0, 0.05) is 19.7 Å². The minimum Gasteiger partial charge on any atom is -0.494 e. The van der Waals surface area contributed by atoms with Crippen LogP contribution in [0.1, 0.15) is 31.2 Å². The Morgan fingerprint density at radius 1 is 1.00 bits per heavy atom. The average Bonchev–Trinajstić information content (AvgIpc) is 3.57. The molecule has 0 aliphatic carbocycles. The maximum atomic E-state index is 6.05. The molecule has 4 aromatic heterocycles. The third kappa shape index (κ3) is 4.61. The van der Waals surface area contributed by atoms with Crippen LogP contribution in [0.25, 0.3) is 22.6 Å². The first kappa shape index (κ1) is 23.8. The number of methoxy groups -OCH3 is 1. The van der Waals surface area contributed by atoms with E-state index < -0.39 is 0 Å². The van der Waals surface area contributed by atoms with E-state index >= 15 is 0 Å². The van der Waals surface area contributed by atoms with E-state index in [1.54, 1.807) is 24.4 Å². The Morgan fingerprint density at radius 3 is 2.66 bits per heavy atom. The van der Waals surface area contributed by atoms with Gasteiger partial charge in [0.25, 0.3) is 0 Å². The monoisotopic (exact) mass is 512 g/mol. The van der Waals surface area contributed by atoms with Crippen LogP contribution in [0.15, 0.2) is 49.1 Å². The van der Waals surface area contributed by atoms with Gasteiger partial charge >= 0.3 is 0 Å². The summed E-state index contributed by atoms with van der Waals surface area (Å²) in [5, 5.41) is 19.6. The van der Waals surface area contributed by atoms with E-state index in [4.69, 9.17) is 19.4 Å². The predicted octanol–water partition coefficient (Wildman–Crippen LogP) is 4.52. The van der Waals surface area contributed by atoms with E-state index in [2.05, 4.69) is 30.9 Å². The van der Waals surface area contributed by atoms with Crippen LogP contribution in [0, 0.1) is 6.92 Å². The molecule has 0 radical (unpaired) electrons. The second-order valence-corrected chi connectivity index (χ2v) is 9.14. The van der Waals surface area contributed by atoms with E-state index in [1.807, 2.05) is 54.9 Å². The molecule has 38 heavy (non-hydrogen) atoms. The molecule has 1 aromatic carbocycles. The summed E-state index contributed by atoms with van der Waals surface area (Å²) >= 11 is 0. The molecule has 5 heterocycles. The molecule has 2 N–H and O–H groups in total. The van der Waals surface area contributed by atoms with Crippen molar-refractivity contribution in [3.8, 4) is 17.1 Å². The molecule has 0 amide bonds. The minimum atomic E-state index is -0.114. The second kappa shape index (κ2) is 10.1. The van der Waals surface area contributed by atoms with Gasteiger partial charge in [-0.25, -0.2) is 15.0 Å². The molecule has 1 fully saturated rings. The first-order chi connectivity index (χ1) is 18.6. The zero-order chi connectivity index (χ0) is 26.1. The van der Waals surface area contributed by atoms with Gasteiger partial charge in [0.1, 0.15) is 23.9 Å². The molecule has 0 bridgehead atoms. The van der Waals surface area contributed by atoms with Crippen molar-refractivity contribution in [2.75, 3.05) is 24.4 Å². The van der Waals surface area contributed by atoms with Crippen molar-refractivity contribution in [3.05, 3.63) is 54.7 Å². The van der Waals surface area contributed by atoms with Crippen LogP contribution in [-0.2, 0) is 11.8 Å². The fourth-order valence-electron chi connectivity index (χ4n) is 4.56. The summed E-state index contributed by atoms with van der Waals surface area (Å²) in [7, 11) is 3.46. The summed E-state index contributed by atoms with van der Waals surface area (Å²) < 4.78 is 15.5. The number of anilines is 4. The minimum absolute atomic E-state index is 0.114. The molecule has 1 saturated heterocycles. The third-order valence-corrected chi connectivity index (χ3v) is 6.38. The lowest BCUT2D eigenvalue weighted by Crippen LogP contribution is -2.17. The molecule has 1 aliphatic rings. The molecular weight excluding hydrogens is 484 g/mol. The van der Waals surface area contributed by atoms with Gasteiger partial charge in [-0.05, 0) is 50.5 Å². The number of para-hydroxylation sites is 1. The van der Waals surface area contributed by atoms with Gasteiger partial charge in [0.15, 0.2) is 23.0 Å². The number of pyridine rings is 1. The Kier molecular flexibility index (Phi) is 6.30. The summed E-state index contributed by atoms with van der Waals surface area (Å²) in [6, 6.07) is 11.5. The predicted molar refractivity (Wildman–Crippen MR) is 143 cm³/mol. The highest BCUT2D eigenvalue weighted by Crippen LogP contribution is 2.38. The number of hydrogen-bond acceptors (Lipinski definition) is 10. The molecular formula is C26H28N10O2. The number of fused-ring (bicyclic) bond motifs is 1. The van der Waals surface area contributed by atoms with Crippen molar-refractivity contribution < 1.29 is 9.47 Å². The van der Waals surface area contributed by atoms with E-state index in [1.165, 1.54) is 0 Å². The van der Waals surface area contributed by atoms with Crippen LogP contribution in [0.4, 0.5) is 23.0 Å². The van der Waals surface area contributed by atoms with Gasteiger partial charge in [0.05, 0.1) is 36.1 Å². The van der Waals surface area contributed by atoms with Gasteiger partial charge in [-0.3, -0.25) is 9.25 Å². The van der Waals surface area contributed by atoms with Crippen LogP contribution >= 0.6 is 0 Å². The van der Waals surface area contributed by atoms with Gasteiger partial charge in [0.2, 0.25) is 0 Å². The highest BCUT2D eigenvalue weighted by Gasteiger charge is 2.22. The highest BCUT2D eigenvalue weighted by molar-refractivity contribution is 5.92. The maximum Gasteiger partial charge on any atom is 0.184 e. The van der Waals surface area contributed by atoms with Crippen molar-refractivity contribution >= 4 is 34.2 Å². The Labute approximate surface area is 219 Å². The van der Waals surface area contributed by atoms with Crippen molar-refractivity contribution in [3.63, 3.8) is 0 Å². The SMILES string of the molecule is COc1c(Nc2cc(Nc3ccc(C)nn3)nc3c2ncn3C2CCCCO2)cccc1-c1ncn(C)n1. The van der Waals surface area contributed by atoms with Crippen LogP contribution < -0.4 is 15.4 Å². The summed E-state index contributed by atoms with van der Waals surface area (Å²) in [5.41, 5.74) is 4.51. The molecule has 194 valence electrons. The Balaban J connectivity index is 1.44. The van der Waals surface area contributed by atoms with E-state index in [-0.39, 0.29) is 6.23 Å². The molecule has 1 aliphatic heterocycles. The molecule has 5 aromatic rings. The van der Waals surface area contributed by atoms with Gasteiger partial charge < -0.3 is 20.1 Å². The molecule has 1 atom stereocenters. The third-order valence-electron chi connectivity index (χ3n) is 6.38. The van der Waals surface area contributed by atoms with Gasteiger partial charge in [-0.2, -0.15) is 10.2 Å². The number of rotatable bonds is 7. The first-order valence-corrected chi connectivity index (χ1v) is 12.5. The fourth-order valence-corrected chi connectivity index (χ4v) is 4.56. The lowest BCUT2D eigenvalue weighted by Gasteiger charge is -2.24. The van der Waals surface area contributed by atoms with Crippen molar-refractivity contribution in [2.24, 2.45) is 7.05 Å². The van der Waals surface area contributed by atoms with Crippen LogP contribution in [0.3, 0.4) is 0 Å². The van der Waals surface area contributed by atoms with E-state index in [0.29, 0.717) is 34.4 Å². The smallest absolute Gasteiger partial charge is 0.184 e. The quantitative estimate of drug-likeness (QED) is 0.321. The number of nitrogens with zero attached hydrogens (tertiary/aromatic N) is 8. The largest absolute Gasteiger partial charge is 0.494 e.